The van der Waals surface area contributed by atoms with Gasteiger partial charge in [0.1, 0.15) is 0 Å². The number of amides is 1. The second-order valence-electron chi connectivity index (χ2n) is 24.9. The summed E-state index contributed by atoms with van der Waals surface area (Å²) in [5.41, 5.74) is 0. The van der Waals surface area contributed by atoms with Crippen molar-refractivity contribution in [2.45, 2.75) is 418 Å². The molecule has 0 aromatic rings. The molecule has 3 N–H and O–H groups in total. The van der Waals surface area contributed by atoms with Crippen LogP contribution in [0.1, 0.15) is 406 Å². The first-order valence-corrected chi connectivity index (χ1v) is 36.1. The van der Waals surface area contributed by atoms with Gasteiger partial charge in [-0.05, 0) is 57.8 Å². The average Bonchev–Trinajstić information content (AvgIpc) is 3.45. The van der Waals surface area contributed by atoms with Gasteiger partial charge >= 0.3 is 5.97 Å². The summed E-state index contributed by atoms with van der Waals surface area (Å²) in [7, 11) is 0. The molecule has 0 saturated carbocycles. The van der Waals surface area contributed by atoms with E-state index in [2.05, 4.69) is 43.5 Å². The van der Waals surface area contributed by atoms with Crippen LogP contribution in [0.4, 0.5) is 0 Å². The van der Waals surface area contributed by atoms with Crippen molar-refractivity contribution in [2.24, 2.45) is 0 Å². The van der Waals surface area contributed by atoms with Gasteiger partial charge in [0, 0.05) is 12.8 Å². The lowest BCUT2D eigenvalue weighted by molar-refractivity contribution is -0.143. The Hall–Kier alpha value is -1.66. The Morgan fingerprint density at radius 3 is 0.975 bits per heavy atom. The Kier molecular flexibility index (Phi) is 67.4. The van der Waals surface area contributed by atoms with Crippen molar-refractivity contribution in [1.82, 2.24) is 5.32 Å². The quantitative estimate of drug-likeness (QED) is 0.0320. The Labute approximate surface area is 494 Å². The van der Waals surface area contributed by atoms with E-state index in [4.69, 9.17) is 4.74 Å². The van der Waals surface area contributed by atoms with Crippen LogP contribution in [-0.2, 0) is 14.3 Å². The maximum Gasteiger partial charge on any atom is 0.305 e. The van der Waals surface area contributed by atoms with E-state index in [1.807, 2.05) is 0 Å². The lowest BCUT2D eigenvalue weighted by atomic mass is 10.0. The first kappa shape index (κ1) is 77.3. The van der Waals surface area contributed by atoms with Crippen LogP contribution < -0.4 is 5.32 Å². The van der Waals surface area contributed by atoms with E-state index in [1.54, 1.807) is 0 Å². The summed E-state index contributed by atoms with van der Waals surface area (Å²) in [4.78, 5) is 24.7. The maximum atomic E-state index is 12.6. The summed E-state index contributed by atoms with van der Waals surface area (Å²) in [6.45, 7) is 4.97. The highest BCUT2D eigenvalue weighted by molar-refractivity contribution is 5.76. The molecular formula is C73H141NO5. The number of hydrogen-bond acceptors (Lipinski definition) is 5. The van der Waals surface area contributed by atoms with Gasteiger partial charge in [-0.1, -0.05) is 359 Å². The molecule has 79 heavy (non-hydrogen) atoms. The number of nitrogens with one attached hydrogen (secondary N) is 1. The molecule has 0 radical (unpaired) electrons. The molecule has 0 saturated heterocycles. The molecule has 1 amide bonds. The Morgan fingerprint density at radius 2 is 0.633 bits per heavy atom. The first-order chi connectivity index (χ1) is 39.0. The fraction of sp³-hybridized carbons (Fsp3) is 0.918. The van der Waals surface area contributed by atoms with Crippen LogP contribution in [0, 0.1) is 0 Å². The van der Waals surface area contributed by atoms with Gasteiger partial charge < -0.3 is 20.3 Å². The minimum atomic E-state index is -0.668. The Bertz CT molecular complexity index is 1230. The summed E-state index contributed by atoms with van der Waals surface area (Å²) in [5.74, 6) is -0.0299. The SMILES string of the molecule is CCCCCC/C=C\C/C=C\CCCCCCCCCC(=O)OCCCCCCCCCCCCCCCCCCCCCC(=O)NC(CO)C(O)CCCCCCCCCCCCCCCCCCCCCCCCCCC. The number of hydrogen-bond donors (Lipinski definition) is 3. The number of ether oxygens (including phenoxy) is 1. The number of esters is 1. The van der Waals surface area contributed by atoms with Crippen molar-refractivity contribution < 1.29 is 24.5 Å². The van der Waals surface area contributed by atoms with E-state index >= 15 is 0 Å². The predicted octanol–water partition coefficient (Wildman–Crippen LogP) is 23.3. The minimum absolute atomic E-state index is 0.00305. The van der Waals surface area contributed by atoms with E-state index in [0.29, 0.717) is 25.9 Å². The molecule has 6 nitrogen and oxygen atoms in total. The van der Waals surface area contributed by atoms with Gasteiger partial charge in [0.15, 0.2) is 0 Å². The minimum Gasteiger partial charge on any atom is -0.466 e. The van der Waals surface area contributed by atoms with Gasteiger partial charge in [-0.25, -0.2) is 0 Å². The molecule has 0 aromatic carbocycles. The number of rotatable bonds is 68. The highest BCUT2D eigenvalue weighted by Gasteiger charge is 2.20. The largest absolute Gasteiger partial charge is 0.466 e. The molecule has 0 spiro atoms. The first-order valence-electron chi connectivity index (χ1n) is 36.1. The Balaban J connectivity index is 3.39. The van der Waals surface area contributed by atoms with Crippen molar-refractivity contribution in [1.29, 1.82) is 0 Å². The van der Waals surface area contributed by atoms with Crippen LogP contribution >= 0.6 is 0 Å². The zero-order valence-corrected chi connectivity index (χ0v) is 53.6. The summed E-state index contributed by atoms with van der Waals surface area (Å²) < 4.78 is 5.50. The lowest BCUT2D eigenvalue weighted by Crippen LogP contribution is -2.45. The molecule has 0 rings (SSSR count). The smallest absolute Gasteiger partial charge is 0.305 e. The van der Waals surface area contributed by atoms with Gasteiger partial charge in [0.2, 0.25) is 5.91 Å². The third-order valence-electron chi connectivity index (χ3n) is 17.0. The molecule has 6 heteroatoms. The van der Waals surface area contributed by atoms with Crippen molar-refractivity contribution in [3.63, 3.8) is 0 Å². The highest BCUT2D eigenvalue weighted by atomic mass is 16.5. The molecule has 0 aromatic heterocycles. The summed E-state index contributed by atoms with van der Waals surface area (Å²) in [5, 5.41) is 23.5. The Morgan fingerprint density at radius 1 is 0.354 bits per heavy atom. The van der Waals surface area contributed by atoms with Crippen molar-refractivity contribution in [3.05, 3.63) is 24.3 Å². The topological polar surface area (TPSA) is 95.9 Å². The van der Waals surface area contributed by atoms with Crippen LogP contribution in [0.3, 0.4) is 0 Å². The van der Waals surface area contributed by atoms with Crippen LogP contribution in [0.2, 0.25) is 0 Å². The third kappa shape index (κ3) is 65.4. The van der Waals surface area contributed by atoms with Gasteiger partial charge in [0.05, 0.1) is 25.4 Å². The molecule has 2 unspecified atom stereocenters. The van der Waals surface area contributed by atoms with E-state index in [-0.39, 0.29) is 18.5 Å². The van der Waals surface area contributed by atoms with Crippen molar-refractivity contribution in [3.8, 4) is 0 Å². The molecule has 0 aliphatic carbocycles. The summed E-state index contributed by atoms with van der Waals surface area (Å²) in [6.07, 6.45) is 86.5. The standard InChI is InChI=1S/C73H141NO5/c1-3-5-7-9-11-13-15-17-19-21-23-24-25-26-27-28-30-33-37-41-45-49-53-57-61-65-71(76)70(69-75)74-72(77)66-62-58-54-50-46-42-38-34-31-29-32-36-40-44-48-52-56-60-64-68-79-73(78)67-63-59-55-51-47-43-39-35-22-20-18-16-14-12-10-8-6-4-2/h14,16,20,22,70-71,75-76H,3-13,15,17-19,21,23-69H2,1-2H3,(H,74,77)/b16-14-,22-20-. The fourth-order valence-corrected chi connectivity index (χ4v) is 11.5. The molecule has 0 aliphatic heterocycles. The number of unbranched alkanes of at least 4 members (excludes halogenated alkanes) is 53. The van der Waals surface area contributed by atoms with Crippen LogP contribution in [0.25, 0.3) is 0 Å². The molecule has 0 aliphatic rings. The molecule has 0 heterocycles. The third-order valence-corrected chi connectivity index (χ3v) is 17.0. The summed E-state index contributed by atoms with van der Waals surface area (Å²) >= 11 is 0. The second-order valence-corrected chi connectivity index (χ2v) is 24.9. The molecule has 0 bridgehead atoms. The number of carbonyl (C=O) groups is 2. The lowest BCUT2D eigenvalue weighted by Gasteiger charge is -2.22. The zero-order chi connectivity index (χ0) is 57.1. The number of carbonyl (C=O) groups excluding carboxylic acids is 2. The van der Waals surface area contributed by atoms with Crippen LogP contribution in [-0.4, -0.2) is 47.4 Å². The average molecular weight is 1110 g/mol. The fourth-order valence-electron chi connectivity index (χ4n) is 11.5. The van der Waals surface area contributed by atoms with E-state index in [9.17, 15) is 19.8 Å². The van der Waals surface area contributed by atoms with Crippen LogP contribution in [0.5, 0.6) is 0 Å². The van der Waals surface area contributed by atoms with Gasteiger partial charge in [-0.3, -0.25) is 9.59 Å². The van der Waals surface area contributed by atoms with Gasteiger partial charge in [-0.2, -0.15) is 0 Å². The molecule has 468 valence electrons. The van der Waals surface area contributed by atoms with E-state index in [1.165, 1.54) is 321 Å². The predicted molar refractivity (Wildman–Crippen MR) is 347 cm³/mol. The van der Waals surface area contributed by atoms with Crippen LogP contribution in [0.15, 0.2) is 24.3 Å². The number of aliphatic hydroxyl groups excluding tert-OH is 2. The maximum absolute atomic E-state index is 12.6. The van der Waals surface area contributed by atoms with Crippen molar-refractivity contribution in [2.75, 3.05) is 13.2 Å². The molecule has 2 atom stereocenters. The van der Waals surface area contributed by atoms with E-state index < -0.39 is 12.1 Å². The van der Waals surface area contributed by atoms with Gasteiger partial charge in [0.25, 0.3) is 0 Å². The zero-order valence-electron chi connectivity index (χ0n) is 53.6. The monoisotopic (exact) mass is 1110 g/mol. The number of allylic oxidation sites excluding steroid dienone is 4. The molecular weight excluding hydrogens is 971 g/mol. The summed E-state index contributed by atoms with van der Waals surface area (Å²) in [6, 6.07) is -0.546. The highest BCUT2D eigenvalue weighted by Crippen LogP contribution is 2.19. The van der Waals surface area contributed by atoms with Crippen molar-refractivity contribution >= 4 is 11.9 Å². The number of aliphatic hydroxyl groups is 2. The van der Waals surface area contributed by atoms with Gasteiger partial charge in [-0.15, -0.1) is 0 Å². The normalized spacial score (nSPS) is 12.6. The second kappa shape index (κ2) is 68.8. The van der Waals surface area contributed by atoms with E-state index in [0.717, 1.165) is 51.4 Å². The molecule has 0 fully saturated rings.